The van der Waals surface area contributed by atoms with Crippen molar-refractivity contribution >= 4 is 27.0 Å². The largest absolute Gasteiger partial charge is 0.255 e. The van der Waals surface area contributed by atoms with Crippen molar-refractivity contribution in [2.75, 3.05) is 5.75 Å². The summed E-state index contributed by atoms with van der Waals surface area (Å²) in [6.07, 6.45) is 1.47. The van der Waals surface area contributed by atoms with Crippen molar-refractivity contribution in [1.29, 1.82) is 0 Å². The van der Waals surface area contributed by atoms with Gasteiger partial charge >= 0.3 is 0 Å². The Morgan fingerprint density at radius 2 is 2.29 bits per heavy atom. The second-order valence-electron chi connectivity index (χ2n) is 2.92. The molecule has 1 saturated heterocycles. The van der Waals surface area contributed by atoms with E-state index in [0.717, 1.165) is 6.42 Å². The Kier molecular flexibility index (Phi) is 4.21. The number of rotatable bonds is 4. The zero-order valence-electron chi connectivity index (χ0n) is 8.23. The molecule has 5 nitrogen and oxygen atoms in total. The molecule has 0 amide bonds. The molecular formula is C7H14N3O2S2. The fourth-order valence-corrected chi connectivity index (χ4v) is 2.98. The number of sulfonamides is 1. The van der Waals surface area contributed by atoms with Gasteiger partial charge in [-0.1, -0.05) is 25.6 Å². The summed E-state index contributed by atoms with van der Waals surface area (Å²) in [4.78, 5) is 0. The maximum absolute atomic E-state index is 11.3. The predicted molar refractivity (Wildman–Crippen MR) is 58.5 cm³/mol. The predicted octanol–water partition coefficient (Wildman–Crippen LogP) is 0.674. The molecule has 0 bridgehead atoms. The van der Waals surface area contributed by atoms with E-state index in [4.69, 9.17) is 0 Å². The van der Waals surface area contributed by atoms with Gasteiger partial charge in [-0.05, 0) is 12.8 Å². The van der Waals surface area contributed by atoms with E-state index in [1.165, 1.54) is 11.8 Å². The van der Waals surface area contributed by atoms with E-state index < -0.39 is 10.0 Å². The maximum atomic E-state index is 11.3. The molecule has 0 aliphatic carbocycles. The second-order valence-corrected chi connectivity index (χ2v) is 5.84. The van der Waals surface area contributed by atoms with Crippen LogP contribution >= 0.6 is 11.8 Å². The third-order valence-electron chi connectivity index (χ3n) is 1.60. The SMILES string of the molecule is CCCS(=O)(=O)N=C1[N]NC(CC)S1. The summed E-state index contributed by atoms with van der Waals surface area (Å²) in [5.41, 5.74) is 6.65. The summed E-state index contributed by atoms with van der Waals surface area (Å²) in [7, 11) is -3.31. The van der Waals surface area contributed by atoms with Gasteiger partial charge in [-0.3, -0.25) is 0 Å². The van der Waals surface area contributed by atoms with Crippen molar-refractivity contribution in [3.05, 3.63) is 0 Å². The smallest absolute Gasteiger partial charge is 0.205 e. The van der Waals surface area contributed by atoms with E-state index in [2.05, 4.69) is 15.2 Å². The van der Waals surface area contributed by atoms with Gasteiger partial charge < -0.3 is 0 Å². The van der Waals surface area contributed by atoms with Gasteiger partial charge in [-0.15, -0.1) is 4.40 Å². The zero-order chi connectivity index (χ0) is 10.6. The summed E-state index contributed by atoms with van der Waals surface area (Å²) in [6.45, 7) is 3.81. The van der Waals surface area contributed by atoms with Crippen molar-refractivity contribution in [2.24, 2.45) is 4.40 Å². The van der Waals surface area contributed by atoms with Gasteiger partial charge in [0.1, 0.15) is 0 Å². The van der Waals surface area contributed by atoms with E-state index in [1.807, 2.05) is 13.8 Å². The molecule has 1 radical (unpaired) electrons. The Balaban J connectivity index is 2.62. The highest BCUT2D eigenvalue weighted by Crippen LogP contribution is 2.18. The van der Waals surface area contributed by atoms with Gasteiger partial charge in [0.2, 0.25) is 5.17 Å². The Morgan fingerprint density at radius 3 is 2.79 bits per heavy atom. The number of nitrogens with one attached hydrogen (secondary N) is 1. The number of nitrogens with zero attached hydrogens (tertiary/aromatic N) is 2. The molecule has 1 aliphatic rings. The van der Waals surface area contributed by atoms with Crippen molar-refractivity contribution in [3.63, 3.8) is 0 Å². The number of amidine groups is 1. The molecule has 1 heterocycles. The van der Waals surface area contributed by atoms with Crippen molar-refractivity contribution < 1.29 is 8.42 Å². The summed E-state index contributed by atoms with van der Waals surface area (Å²) < 4.78 is 26.2. The van der Waals surface area contributed by atoms with Crippen LogP contribution in [0.1, 0.15) is 26.7 Å². The van der Waals surface area contributed by atoms with Crippen molar-refractivity contribution in [3.8, 4) is 0 Å². The number of hydrogen-bond donors (Lipinski definition) is 1. The summed E-state index contributed by atoms with van der Waals surface area (Å²) >= 11 is 1.36. The number of thioether (sulfide) groups is 1. The molecule has 1 atom stereocenters. The van der Waals surface area contributed by atoms with Crippen LogP contribution < -0.4 is 10.9 Å². The molecular weight excluding hydrogens is 222 g/mol. The molecule has 14 heavy (non-hydrogen) atoms. The first kappa shape index (κ1) is 11.8. The summed E-state index contributed by atoms with van der Waals surface area (Å²) in [5, 5.41) is 0.482. The normalized spacial score (nSPS) is 25.3. The highest BCUT2D eigenvalue weighted by molar-refractivity contribution is 8.15. The van der Waals surface area contributed by atoms with Crippen LogP contribution in [0, 0.1) is 0 Å². The highest BCUT2D eigenvalue weighted by atomic mass is 32.2. The van der Waals surface area contributed by atoms with Crippen LogP contribution in [0.5, 0.6) is 0 Å². The number of hydrogen-bond acceptors (Lipinski definition) is 4. The van der Waals surface area contributed by atoms with E-state index in [-0.39, 0.29) is 11.1 Å². The zero-order valence-corrected chi connectivity index (χ0v) is 9.86. The van der Waals surface area contributed by atoms with Crippen molar-refractivity contribution in [2.45, 2.75) is 32.1 Å². The van der Waals surface area contributed by atoms with Crippen LogP contribution in [0.2, 0.25) is 0 Å². The Labute approximate surface area is 88.8 Å². The lowest BCUT2D eigenvalue weighted by molar-refractivity contribution is 0.594. The topological polar surface area (TPSA) is 72.6 Å². The van der Waals surface area contributed by atoms with E-state index in [0.29, 0.717) is 11.6 Å². The van der Waals surface area contributed by atoms with Gasteiger partial charge in [-0.25, -0.2) is 8.42 Å². The molecule has 1 N–H and O–H groups in total. The van der Waals surface area contributed by atoms with Crippen LogP contribution in [0.15, 0.2) is 4.40 Å². The van der Waals surface area contributed by atoms with Gasteiger partial charge in [0.15, 0.2) is 0 Å². The van der Waals surface area contributed by atoms with Gasteiger partial charge in [0, 0.05) is 0 Å². The molecule has 81 valence electrons. The summed E-state index contributed by atoms with van der Waals surface area (Å²) in [5.74, 6) is 0.0867. The summed E-state index contributed by atoms with van der Waals surface area (Å²) in [6, 6.07) is 0. The molecule has 1 rings (SSSR count). The average Bonchev–Trinajstić information content (AvgIpc) is 2.51. The van der Waals surface area contributed by atoms with Crippen LogP contribution in [-0.2, 0) is 10.0 Å². The first-order chi connectivity index (χ1) is 6.57. The molecule has 1 unspecified atom stereocenters. The van der Waals surface area contributed by atoms with Gasteiger partial charge in [-0.2, -0.15) is 10.9 Å². The van der Waals surface area contributed by atoms with E-state index in [9.17, 15) is 8.42 Å². The first-order valence-corrected chi connectivity index (χ1v) is 7.02. The monoisotopic (exact) mass is 236 g/mol. The minimum absolute atomic E-state index is 0.0867. The van der Waals surface area contributed by atoms with Crippen LogP contribution in [0.4, 0.5) is 0 Å². The van der Waals surface area contributed by atoms with Crippen LogP contribution in [-0.4, -0.2) is 24.7 Å². The molecule has 0 aromatic rings. The maximum Gasteiger partial charge on any atom is 0.255 e. The fraction of sp³-hybridized carbons (Fsp3) is 0.857. The van der Waals surface area contributed by atoms with Crippen LogP contribution in [0.3, 0.4) is 0 Å². The lowest BCUT2D eigenvalue weighted by Gasteiger charge is -1.98. The molecule has 1 fully saturated rings. The quantitative estimate of drug-likeness (QED) is 0.779. The minimum Gasteiger partial charge on any atom is -0.205 e. The minimum atomic E-state index is -3.31. The van der Waals surface area contributed by atoms with Crippen molar-refractivity contribution in [1.82, 2.24) is 10.9 Å². The Morgan fingerprint density at radius 1 is 1.57 bits per heavy atom. The standard InChI is InChI=1S/C7H14N3O2S2/c1-3-5-14(11,12)10-7-9-8-6(4-2)13-7/h6,8H,3-5H2,1-2H3. The van der Waals surface area contributed by atoms with Gasteiger partial charge in [0.05, 0.1) is 11.1 Å². The third-order valence-corrected chi connectivity index (χ3v) is 4.21. The second kappa shape index (κ2) is 4.99. The van der Waals surface area contributed by atoms with E-state index >= 15 is 0 Å². The lowest BCUT2D eigenvalue weighted by Crippen LogP contribution is -2.24. The molecule has 1 aliphatic heterocycles. The molecule has 0 spiro atoms. The Hall–Kier alpha value is -0.270. The van der Waals surface area contributed by atoms with Crippen LogP contribution in [0.25, 0.3) is 0 Å². The molecule has 0 aromatic heterocycles. The Bertz CT molecular complexity index is 313. The van der Waals surface area contributed by atoms with Gasteiger partial charge in [0.25, 0.3) is 10.0 Å². The molecule has 7 heteroatoms. The van der Waals surface area contributed by atoms with E-state index in [1.54, 1.807) is 0 Å². The average molecular weight is 236 g/mol. The third kappa shape index (κ3) is 3.47. The highest BCUT2D eigenvalue weighted by Gasteiger charge is 2.22. The molecule has 0 saturated carbocycles. The molecule has 0 aromatic carbocycles. The fourth-order valence-electron chi connectivity index (χ4n) is 0.946. The first-order valence-electron chi connectivity index (χ1n) is 4.53. The lowest BCUT2D eigenvalue weighted by atomic mass is 10.5.